The van der Waals surface area contributed by atoms with Gasteiger partial charge in [0.05, 0.1) is 11.8 Å². The Kier molecular flexibility index (Phi) is 10.2. The fourth-order valence-corrected chi connectivity index (χ4v) is 4.01. The minimum absolute atomic E-state index is 0.0335. The van der Waals surface area contributed by atoms with E-state index in [1.54, 1.807) is 9.80 Å². The number of carbonyl (C=O) groups is 4. The van der Waals surface area contributed by atoms with Crippen molar-refractivity contribution in [1.29, 1.82) is 0 Å². The first-order valence-electron chi connectivity index (χ1n) is 11.8. The van der Waals surface area contributed by atoms with E-state index in [9.17, 15) is 19.2 Å². The van der Waals surface area contributed by atoms with Gasteiger partial charge in [0.25, 0.3) is 0 Å². The summed E-state index contributed by atoms with van der Waals surface area (Å²) in [5, 5.41) is 18.0. The molecule has 0 aliphatic carbocycles. The lowest BCUT2D eigenvalue weighted by atomic mass is 9.87. The van der Waals surface area contributed by atoms with Gasteiger partial charge in [-0.25, -0.2) is 9.59 Å². The van der Waals surface area contributed by atoms with E-state index in [0.717, 1.165) is 0 Å². The highest BCUT2D eigenvalue weighted by molar-refractivity contribution is 5.73. The van der Waals surface area contributed by atoms with Crippen molar-refractivity contribution in [3.63, 3.8) is 0 Å². The van der Waals surface area contributed by atoms with E-state index >= 15 is 0 Å². The first kappa shape index (κ1) is 29.5. The molecule has 0 unspecified atom stereocenters. The van der Waals surface area contributed by atoms with Crippen molar-refractivity contribution in [2.24, 2.45) is 23.7 Å². The molecule has 4 atom stereocenters. The van der Waals surface area contributed by atoms with Crippen LogP contribution in [-0.4, -0.2) is 81.5 Å². The summed E-state index contributed by atoms with van der Waals surface area (Å²) < 4.78 is 10.5. The zero-order valence-corrected chi connectivity index (χ0v) is 21.8. The number of hydrogen-bond acceptors (Lipinski definition) is 6. The van der Waals surface area contributed by atoms with Gasteiger partial charge in [-0.05, 0) is 66.2 Å². The largest absolute Gasteiger partial charge is 0.481 e. The third-order valence-corrected chi connectivity index (χ3v) is 5.75. The first-order chi connectivity index (χ1) is 15.4. The van der Waals surface area contributed by atoms with Gasteiger partial charge in [0.2, 0.25) is 0 Å². The number of aliphatic carboxylic acids is 2. The van der Waals surface area contributed by atoms with Crippen molar-refractivity contribution < 1.29 is 38.9 Å². The second kappa shape index (κ2) is 11.8. The van der Waals surface area contributed by atoms with Crippen molar-refractivity contribution in [2.75, 3.05) is 26.2 Å². The van der Waals surface area contributed by atoms with Gasteiger partial charge >= 0.3 is 24.1 Å². The number of likely N-dealkylation sites (tertiary alicyclic amines) is 2. The highest BCUT2D eigenvalue weighted by Gasteiger charge is 2.35. The third kappa shape index (κ3) is 9.77. The Balaban J connectivity index is 0.000000340. The molecule has 0 spiro atoms. The van der Waals surface area contributed by atoms with E-state index in [-0.39, 0.29) is 35.9 Å². The standard InChI is InChI=1S/2C12H21NO4/c2*1-8-7-13(6-5-9(8)10(14)15)11(16)17-12(2,3)4/h2*8-9H,5-7H2,1-4H3,(H,14,15)/t2*8-,9-/m10/s1. The molecule has 10 heteroatoms. The maximum atomic E-state index is 11.8. The van der Waals surface area contributed by atoms with Crippen LogP contribution in [-0.2, 0) is 19.1 Å². The zero-order chi connectivity index (χ0) is 26.4. The van der Waals surface area contributed by atoms with Gasteiger partial charge in [-0.1, -0.05) is 13.8 Å². The second-order valence-corrected chi connectivity index (χ2v) is 11.3. The molecule has 2 heterocycles. The summed E-state index contributed by atoms with van der Waals surface area (Å²) in [5.74, 6) is -2.33. The summed E-state index contributed by atoms with van der Waals surface area (Å²) >= 11 is 0. The van der Waals surface area contributed by atoms with Crippen LogP contribution in [0, 0.1) is 23.7 Å². The van der Waals surface area contributed by atoms with Crippen molar-refractivity contribution in [3.8, 4) is 0 Å². The van der Waals surface area contributed by atoms with Gasteiger partial charge in [-0.15, -0.1) is 0 Å². The quantitative estimate of drug-likeness (QED) is 0.600. The number of carbonyl (C=O) groups excluding carboxylic acids is 2. The molecule has 34 heavy (non-hydrogen) atoms. The molecule has 2 fully saturated rings. The Bertz CT molecular complexity index is 678. The number of hydrogen-bond donors (Lipinski definition) is 2. The van der Waals surface area contributed by atoms with Gasteiger partial charge in [-0.2, -0.15) is 0 Å². The van der Waals surface area contributed by atoms with Crippen LogP contribution in [0.3, 0.4) is 0 Å². The molecule has 2 amide bonds. The van der Waals surface area contributed by atoms with E-state index in [0.29, 0.717) is 39.0 Å². The van der Waals surface area contributed by atoms with Crippen molar-refractivity contribution >= 4 is 24.1 Å². The topological polar surface area (TPSA) is 134 Å². The Morgan fingerprint density at radius 3 is 1.18 bits per heavy atom. The van der Waals surface area contributed by atoms with Crippen LogP contribution < -0.4 is 0 Å². The highest BCUT2D eigenvalue weighted by atomic mass is 16.6. The number of piperidine rings is 2. The lowest BCUT2D eigenvalue weighted by Gasteiger charge is -2.35. The maximum Gasteiger partial charge on any atom is 0.410 e. The van der Waals surface area contributed by atoms with E-state index < -0.39 is 23.1 Å². The summed E-state index contributed by atoms with van der Waals surface area (Å²) in [4.78, 5) is 48.6. The third-order valence-electron chi connectivity index (χ3n) is 5.75. The molecule has 10 nitrogen and oxygen atoms in total. The molecular formula is C24H42N2O8. The van der Waals surface area contributed by atoms with Crippen molar-refractivity contribution in [3.05, 3.63) is 0 Å². The van der Waals surface area contributed by atoms with Crippen LogP contribution in [0.2, 0.25) is 0 Å². The molecule has 2 N–H and O–H groups in total. The van der Waals surface area contributed by atoms with Crippen molar-refractivity contribution in [1.82, 2.24) is 9.80 Å². The molecule has 2 rings (SSSR count). The van der Waals surface area contributed by atoms with E-state index in [2.05, 4.69) is 0 Å². The number of carboxylic acids is 2. The highest BCUT2D eigenvalue weighted by Crippen LogP contribution is 2.26. The average molecular weight is 487 g/mol. The predicted octanol–water partition coefficient (Wildman–Crippen LogP) is 3.93. The molecule has 2 saturated heterocycles. The van der Waals surface area contributed by atoms with E-state index in [1.165, 1.54) is 0 Å². The predicted molar refractivity (Wildman–Crippen MR) is 125 cm³/mol. The van der Waals surface area contributed by atoms with Gasteiger partial charge < -0.3 is 29.5 Å². The van der Waals surface area contributed by atoms with Gasteiger partial charge in [0.15, 0.2) is 0 Å². The molecule has 2 aliphatic heterocycles. The Labute approximate surface area is 202 Å². The summed E-state index contributed by atoms with van der Waals surface area (Å²) in [6, 6.07) is 0. The Hall–Kier alpha value is -2.52. The molecule has 0 radical (unpaired) electrons. The smallest absolute Gasteiger partial charge is 0.410 e. The van der Waals surface area contributed by atoms with E-state index in [4.69, 9.17) is 19.7 Å². The van der Waals surface area contributed by atoms with Crippen LogP contribution in [0.1, 0.15) is 68.2 Å². The summed E-state index contributed by atoms with van der Waals surface area (Å²) in [6.07, 6.45) is 0.284. The van der Waals surface area contributed by atoms with Gasteiger partial charge in [-0.3, -0.25) is 9.59 Å². The maximum absolute atomic E-state index is 11.8. The van der Waals surface area contributed by atoms with E-state index in [1.807, 2.05) is 55.4 Å². The lowest BCUT2D eigenvalue weighted by Crippen LogP contribution is -2.46. The lowest BCUT2D eigenvalue weighted by molar-refractivity contribution is -0.146. The summed E-state index contributed by atoms with van der Waals surface area (Å²) in [6.45, 7) is 16.4. The first-order valence-corrected chi connectivity index (χ1v) is 11.8. The van der Waals surface area contributed by atoms with Crippen LogP contribution in [0.25, 0.3) is 0 Å². The SMILES string of the molecule is C[C@@H]1CN(C(=O)OC(C)(C)C)CC[C@H]1C(=O)O.C[C@H]1CN(C(=O)OC(C)(C)C)CC[C@@H]1C(=O)O. The Morgan fingerprint density at radius 2 is 0.971 bits per heavy atom. The second-order valence-electron chi connectivity index (χ2n) is 11.3. The van der Waals surface area contributed by atoms with Crippen LogP contribution in [0.4, 0.5) is 9.59 Å². The molecule has 0 aromatic heterocycles. The zero-order valence-electron chi connectivity index (χ0n) is 21.8. The molecule has 0 bridgehead atoms. The van der Waals surface area contributed by atoms with Gasteiger partial charge in [0.1, 0.15) is 11.2 Å². The molecule has 0 aromatic rings. The molecule has 0 aromatic carbocycles. The monoisotopic (exact) mass is 486 g/mol. The number of carboxylic acid groups (broad SMARTS) is 2. The number of nitrogens with zero attached hydrogens (tertiary/aromatic N) is 2. The average Bonchev–Trinajstić information content (AvgIpc) is 2.65. The number of amides is 2. The summed E-state index contributed by atoms with van der Waals surface area (Å²) in [5.41, 5.74) is -1.02. The fraction of sp³-hybridized carbons (Fsp3) is 0.833. The number of ether oxygens (including phenoxy) is 2. The van der Waals surface area contributed by atoms with Crippen LogP contribution in [0.15, 0.2) is 0 Å². The van der Waals surface area contributed by atoms with Crippen LogP contribution >= 0.6 is 0 Å². The van der Waals surface area contributed by atoms with Crippen molar-refractivity contribution in [2.45, 2.75) is 79.4 Å². The normalized spacial score (nSPS) is 25.5. The molecule has 0 saturated carbocycles. The molecular weight excluding hydrogens is 444 g/mol. The Morgan fingerprint density at radius 1 is 0.676 bits per heavy atom. The van der Waals surface area contributed by atoms with Gasteiger partial charge in [0, 0.05) is 26.2 Å². The molecule has 2 aliphatic rings. The minimum Gasteiger partial charge on any atom is -0.481 e. The summed E-state index contributed by atoms with van der Waals surface area (Å²) in [7, 11) is 0. The minimum atomic E-state index is -0.777. The number of rotatable bonds is 2. The fourth-order valence-electron chi connectivity index (χ4n) is 4.01. The molecule has 196 valence electrons. The van der Waals surface area contributed by atoms with Crippen LogP contribution in [0.5, 0.6) is 0 Å².